The molecule has 0 saturated carbocycles. The van der Waals surface area contributed by atoms with E-state index in [1.807, 2.05) is 0 Å². The zero-order valence-corrected chi connectivity index (χ0v) is 7.02. The smallest absolute Gasteiger partial charge is 0.405 e. The van der Waals surface area contributed by atoms with Gasteiger partial charge in [-0.15, -0.1) is 0 Å². The number of esters is 1. The fourth-order valence-corrected chi connectivity index (χ4v) is 1.36. The van der Waals surface area contributed by atoms with Crippen molar-refractivity contribution in [3.63, 3.8) is 0 Å². The Morgan fingerprint density at radius 2 is 1.85 bits per heavy atom. The molecule has 0 aromatic rings. The number of ether oxygens (including phenoxy) is 1. The molecule has 0 heterocycles. The molecule has 13 heavy (non-hydrogen) atoms. The highest BCUT2D eigenvalue weighted by molar-refractivity contribution is 5.78. The van der Waals surface area contributed by atoms with Crippen LogP contribution in [0.2, 0.25) is 0 Å². The lowest BCUT2D eigenvalue weighted by Gasteiger charge is -2.28. The summed E-state index contributed by atoms with van der Waals surface area (Å²) in [6, 6.07) is 0. The molecule has 0 radical (unpaired) electrons. The summed E-state index contributed by atoms with van der Waals surface area (Å²) in [5, 5.41) is 0. The molecule has 0 amide bonds. The molecule has 0 atom stereocenters. The maximum Gasteiger partial charge on any atom is 0.405 e. The maximum atomic E-state index is 12.5. The Bertz CT molecular complexity index is 234. The molecule has 2 nitrogen and oxygen atoms in total. The van der Waals surface area contributed by atoms with Crippen molar-refractivity contribution in [2.45, 2.75) is 19.0 Å². The average Bonchev–Trinajstić information content (AvgIpc) is 2.50. The van der Waals surface area contributed by atoms with Gasteiger partial charge in [0.05, 0.1) is 7.11 Å². The molecule has 1 aliphatic carbocycles. The molecule has 0 saturated heterocycles. The van der Waals surface area contributed by atoms with Gasteiger partial charge in [-0.3, -0.25) is 4.79 Å². The number of carbonyl (C=O) groups excluding carboxylic acids is 1. The molecule has 0 aromatic carbocycles. The lowest BCUT2D eigenvalue weighted by atomic mass is 9.85. The Labute approximate surface area is 73.4 Å². The number of hydrogen-bond acceptors (Lipinski definition) is 2. The topological polar surface area (TPSA) is 26.3 Å². The quantitative estimate of drug-likeness (QED) is 0.471. The molecule has 0 fully saturated rings. The first-order valence-electron chi connectivity index (χ1n) is 3.74. The molecule has 0 spiro atoms. The van der Waals surface area contributed by atoms with E-state index in [2.05, 4.69) is 4.74 Å². The molecule has 74 valence electrons. The third-order valence-corrected chi connectivity index (χ3v) is 2.22. The first-order chi connectivity index (χ1) is 5.94. The molecule has 0 bridgehead atoms. The van der Waals surface area contributed by atoms with Gasteiger partial charge >= 0.3 is 12.1 Å². The fraction of sp³-hybridized carbons (Fsp3) is 0.625. The van der Waals surface area contributed by atoms with Crippen molar-refractivity contribution in [1.82, 2.24) is 0 Å². The van der Waals surface area contributed by atoms with E-state index in [0.717, 1.165) is 7.11 Å². The van der Waals surface area contributed by atoms with Crippen LogP contribution in [0.3, 0.4) is 0 Å². The largest absolute Gasteiger partial charge is 0.468 e. The third kappa shape index (κ3) is 1.43. The molecule has 1 rings (SSSR count). The maximum absolute atomic E-state index is 12.5. The number of allylic oxidation sites excluding steroid dienone is 2. The van der Waals surface area contributed by atoms with Gasteiger partial charge in [0.25, 0.3) is 0 Å². The van der Waals surface area contributed by atoms with E-state index < -0.39 is 17.6 Å². The molecular formula is C8H9F3O2. The second kappa shape index (κ2) is 3.05. The lowest BCUT2D eigenvalue weighted by Crippen LogP contribution is -2.43. The van der Waals surface area contributed by atoms with Gasteiger partial charge in [0.2, 0.25) is 0 Å². The zero-order valence-electron chi connectivity index (χ0n) is 7.02. The van der Waals surface area contributed by atoms with Gasteiger partial charge in [-0.25, -0.2) is 0 Å². The van der Waals surface area contributed by atoms with Crippen molar-refractivity contribution in [1.29, 1.82) is 0 Å². The Morgan fingerprint density at radius 1 is 1.38 bits per heavy atom. The SMILES string of the molecule is COC(=O)C1(C(F)(F)F)CC=CC1. The Balaban J connectivity index is 2.96. The van der Waals surface area contributed by atoms with Crippen LogP contribution >= 0.6 is 0 Å². The third-order valence-electron chi connectivity index (χ3n) is 2.22. The number of alkyl halides is 3. The highest BCUT2D eigenvalue weighted by Crippen LogP contribution is 2.48. The summed E-state index contributed by atoms with van der Waals surface area (Å²) in [6.45, 7) is 0. The summed E-state index contributed by atoms with van der Waals surface area (Å²) >= 11 is 0. The highest BCUT2D eigenvalue weighted by Gasteiger charge is 2.60. The van der Waals surface area contributed by atoms with Crippen LogP contribution < -0.4 is 0 Å². The van der Waals surface area contributed by atoms with E-state index in [1.54, 1.807) is 0 Å². The van der Waals surface area contributed by atoms with E-state index in [0.29, 0.717) is 0 Å². The van der Waals surface area contributed by atoms with Crippen molar-refractivity contribution in [3.05, 3.63) is 12.2 Å². The molecule has 1 aliphatic rings. The van der Waals surface area contributed by atoms with Crippen molar-refractivity contribution < 1.29 is 22.7 Å². The minimum Gasteiger partial charge on any atom is -0.468 e. The number of methoxy groups -OCH3 is 1. The van der Waals surface area contributed by atoms with E-state index in [9.17, 15) is 18.0 Å². The number of rotatable bonds is 1. The molecular weight excluding hydrogens is 185 g/mol. The van der Waals surface area contributed by atoms with Crippen LogP contribution in [-0.4, -0.2) is 19.3 Å². The standard InChI is InChI=1S/C8H9F3O2/c1-13-6(12)7(8(9,10)11)4-2-3-5-7/h2-3H,4-5H2,1H3. The van der Waals surface area contributed by atoms with Gasteiger partial charge in [-0.2, -0.15) is 13.2 Å². The van der Waals surface area contributed by atoms with Gasteiger partial charge in [-0.05, 0) is 12.8 Å². The summed E-state index contributed by atoms with van der Waals surface area (Å²) in [4.78, 5) is 11.0. The van der Waals surface area contributed by atoms with Gasteiger partial charge in [0.15, 0.2) is 5.41 Å². The van der Waals surface area contributed by atoms with Gasteiger partial charge < -0.3 is 4.74 Å². The van der Waals surface area contributed by atoms with Crippen LogP contribution in [0.1, 0.15) is 12.8 Å². The normalized spacial score (nSPS) is 20.3. The Kier molecular flexibility index (Phi) is 2.36. The molecule has 5 heteroatoms. The zero-order chi connectivity index (χ0) is 10.1. The van der Waals surface area contributed by atoms with Crippen LogP contribution in [-0.2, 0) is 9.53 Å². The second-order valence-electron chi connectivity index (χ2n) is 2.95. The molecule has 0 aromatic heterocycles. The van der Waals surface area contributed by atoms with Gasteiger partial charge in [-0.1, -0.05) is 12.2 Å². The van der Waals surface area contributed by atoms with Gasteiger partial charge in [0.1, 0.15) is 0 Å². The monoisotopic (exact) mass is 194 g/mol. The van der Waals surface area contributed by atoms with E-state index in [-0.39, 0.29) is 12.8 Å². The second-order valence-corrected chi connectivity index (χ2v) is 2.95. The number of carbonyl (C=O) groups is 1. The average molecular weight is 194 g/mol. The number of hydrogen-bond donors (Lipinski definition) is 0. The van der Waals surface area contributed by atoms with Crippen LogP contribution in [0.15, 0.2) is 12.2 Å². The van der Waals surface area contributed by atoms with Crippen molar-refractivity contribution in [2.75, 3.05) is 7.11 Å². The van der Waals surface area contributed by atoms with Gasteiger partial charge in [0, 0.05) is 0 Å². The first kappa shape index (κ1) is 10.1. The van der Waals surface area contributed by atoms with E-state index in [4.69, 9.17) is 0 Å². The summed E-state index contributed by atoms with van der Waals surface area (Å²) in [5.41, 5.74) is -2.33. The molecule has 0 unspecified atom stereocenters. The molecule has 0 N–H and O–H groups in total. The molecule has 0 aliphatic heterocycles. The summed E-state index contributed by atoms with van der Waals surface area (Å²) in [5.74, 6) is -1.20. The van der Waals surface area contributed by atoms with E-state index >= 15 is 0 Å². The summed E-state index contributed by atoms with van der Waals surface area (Å²) in [6.07, 6.45) is -2.47. The number of halogens is 3. The minimum atomic E-state index is -4.54. The fourth-order valence-electron chi connectivity index (χ4n) is 1.36. The summed E-state index contributed by atoms with van der Waals surface area (Å²) in [7, 11) is 0.966. The Morgan fingerprint density at radius 3 is 2.15 bits per heavy atom. The Hall–Kier alpha value is -1.00. The van der Waals surface area contributed by atoms with Crippen molar-refractivity contribution >= 4 is 5.97 Å². The highest BCUT2D eigenvalue weighted by atomic mass is 19.4. The lowest BCUT2D eigenvalue weighted by molar-refractivity contribution is -0.230. The van der Waals surface area contributed by atoms with Crippen LogP contribution in [0.5, 0.6) is 0 Å². The van der Waals surface area contributed by atoms with Crippen molar-refractivity contribution in [2.24, 2.45) is 5.41 Å². The predicted octanol–water partition coefficient (Wildman–Crippen LogP) is 2.06. The first-order valence-corrected chi connectivity index (χ1v) is 3.74. The van der Waals surface area contributed by atoms with E-state index in [1.165, 1.54) is 12.2 Å². The minimum absolute atomic E-state index is 0.316. The predicted molar refractivity (Wildman–Crippen MR) is 38.9 cm³/mol. The van der Waals surface area contributed by atoms with Crippen LogP contribution in [0.25, 0.3) is 0 Å². The summed E-state index contributed by atoms with van der Waals surface area (Å²) < 4.78 is 41.7. The van der Waals surface area contributed by atoms with Crippen molar-refractivity contribution in [3.8, 4) is 0 Å². The van der Waals surface area contributed by atoms with Crippen LogP contribution in [0.4, 0.5) is 13.2 Å². The van der Waals surface area contributed by atoms with Crippen LogP contribution in [0, 0.1) is 5.41 Å².